The van der Waals surface area contributed by atoms with Gasteiger partial charge in [-0.2, -0.15) is 0 Å². The molecule has 1 fully saturated rings. The van der Waals surface area contributed by atoms with Gasteiger partial charge in [0.1, 0.15) is 11.8 Å². The number of ether oxygens (including phenoxy) is 2. The van der Waals surface area contributed by atoms with Gasteiger partial charge in [0.05, 0.1) is 19.6 Å². The normalized spacial score (nSPS) is 18.9. The topological polar surface area (TPSA) is 84.9 Å². The zero-order chi connectivity index (χ0) is 16.7. The van der Waals surface area contributed by atoms with Crippen LogP contribution in [0.4, 0.5) is 0 Å². The van der Waals surface area contributed by atoms with Gasteiger partial charge in [0.15, 0.2) is 0 Å². The molecule has 23 heavy (non-hydrogen) atoms. The summed E-state index contributed by atoms with van der Waals surface area (Å²) in [7, 11) is 0. The summed E-state index contributed by atoms with van der Waals surface area (Å²) in [4.78, 5) is 23.6. The van der Waals surface area contributed by atoms with Gasteiger partial charge in [-0.25, -0.2) is 4.79 Å². The molecule has 1 aromatic rings. The molecular weight excluding hydrogens is 298 g/mol. The van der Waals surface area contributed by atoms with Crippen LogP contribution in [-0.2, 0) is 20.7 Å². The average molecular weight is 321 g/mol. The van der Waals surface area contributed by atoms with E-state index in [-0.39, 0.29) is 18.2 Å². The number of nitrogens with one attached hydrogen (secondary N) is 1. The molecule has 0 aliphatic carbocycles. The highest BCUT2D eigenvalue weighted by atomic mass is 16.5. The maximum atomic E-state index is 12.1. The number of hydrogen-bond acceptors (Lipinski definition) is 4. The van der Waals surface area contributed by atoms with Gasteiger partial charge in [0.2, 0.25) is 5.91 Å². The Morgan fingerprint density at radius 3 is 2.70 bits per heavy atom. The molecule has 126 valence electrons. The Morgan fingerprint density at radius 2 is 2.13 bits per heavy atom. The van der Waals surface area contributed by atoms with Crippen molar-refractivity contribution in [2.24, 2.45) is 5.92 Å². The van der Waals surface area contributed by atoms with Gasteiger partial charge < -0.3 is 19.9 Å². The summed E-state index contributed by atoms with van der Waals surface area (Å²) in [6.45, 7) is 3.52. The lowest BCUT2D eigenvalue weighted by Crippen LogP contribution is -2.48. The number of aliphatic carboxylic acids is 1. The highest BCUT2D eigenvalue weighted by Gasteiger charge is 2.31. The smallest absolute Gasteiger partial charge is 0.326 e. The Morgan fingerprint density at radius 1 is 1.39 bits per heavy atom. The molecule has 0 spiro atoms. The first-order chi connectivity index (χ1) is 11.1. The van der Waals surface area contributed by atoms with Gasteiger partial charge in [0, 0.05) is 12.5 Å². The zero-order valence-electron chi connectivity index (χ0n) is 13.3. The average Bonchev–Trinajstić information content (AvgIpc) is 2.55. The Hall–Kier alpha value is -2.08. The minimum atomic E-state index is -1.01. The second-order valence-corrected chi connectivity index (χ2v) is 5.61. The van der Waals surface area contributed by atoms with Crippen molar-refractivity contribution in [1.82, 2.24) is 5.32 Å². The molecule has 2 rings (SSSR count). The van der Waals surface area contributed by atoms with Crippen molar-refractivity contribution in [3.63, 3.8) is 0 Å². The molecule has 0 saturated carbocycles. The predicted molar refractivity (Wildman–Crippen MR) is 84.4 cm³/mol. The summed E-state index contributed by atoms with van der Waals surface area (Å²) in [6.07, 6.45) is 1.72. The number of amides is 1. The summed E-state index contributed by atoms with van der Waals surface area (Å²) < 4.78 is 10.7. The lowest BCUT2D eigenvalue weighted by atomic mass is 9.93. The van der Waals surface area contributed by atoms with Crippen molar-refractivity contribution in [3.05, 3.63) is 29.8 Å². The summed E-state index contributed by atoms with van der Waals surface area (Å²) in [6, 6.07) is 6.32. The molecule has 6 heteroatoms. The molecule has 1 saturated heterocycles. The number of carboxylic acids is 1. The van der Waals surface area contributed by atoms with Gasteiger partial charge in [-0.3, -0.25) is 4.79 Å². The van der Waals surface area contributed by atoms with Crippen LogP contribution in [0.15, 0.2) is 24.3 Å². The van der Waals surface area contributed by atoms with Crippen LogP contribution < -0.4 is 10.1 Å². The summed E-state index contributed by atoms with van der Waals surface area (Å²) in [5.41, 5.74) is 0.815. The van der Waals surface area contributed by atoms with Crippen molar-refractivity contribution in [2.75, 3.05) is 19.8 Å². The van der Waals surface area contributed by atoms with E-state index >= 15 is 0 Å². The third-order valence-electron chi connectivity index (χ3n) is 3.85. The van der Waals surface area contributed by atoms with E-state index in [2.05, 4.69) is 5.32 Å². The van der Waals surface area contributed by atoms with Crippen LogP contribution in [0.2, 0.25) is 0 Å². The van der Waals surface area contributed by atoms with E-state index in [1.165, 1.54) is 0 Å². The molecule has 1 aromatic carbocycles. The van der Waals surface area contributed by atoms with Gasteiger partial charge in [-0.1, -0.05) is 12.1 Å². The van der Waals surface area contributed by atoms with Gasteiger partial charge in [-0.15, -0.1) is 0 Å². The van der Waals surface area contributed by atoms with Crippen LogP contribution in [-0.4, -0.2) is 42.8 Å². The maximum absolute atomic E-state index is 12.1. The van der Waals surface area contributed by atoms with Gasteiger partial charge in [0.25, 0.3) is 0 Å². The number of carbonyl (C=O) groups is 2. The van der Waals surface area contributed by atoms with Crippen molar-refractivity contribution < 1.29 is 24.2 Å². The number of hydrogen-bond donors (Lipinski definition) is 2. The Labute approximate surface area is 135 Å². The maximum Gasteiger partial charge on any atom is 0.326 e. The fourth-order valence-corrected chi connectivity index (χ4v) is 2.69. The van der Waals surface area contributed by atoms with E-state index < -0.39 is 12.0 Å². The van der Waals surface area contributed by atoms with Crippen molar-refractivity contribution in [3.8, 4) is 5.75 Å². The molecule has 1 amide bonds. The number of benzene rings is 1. The minimum absolute atomic E-state index is 0.143. The molecule has 0 aromatic heterocycles. The molecule has 0 bridgehead atoms. The molecule has 2 N–H and O–H groups in total. The van der Waals surface area contributed by atoms with E-state index in [4.69, 9.17) is 9.47 Å². The molecule has 2 unspecified atom stereocenters. The minimum Gasteiger partial charge on any atom is -0.494 e. The second-order valence-electron chi connectivity index (χ2n) is 5.61. The predicted octanol–water partition coefficient (Wildman–Crippen LogP) is 1.62. The van der Waals surface area contributed by atoms with E-state index in [0.717, 1.165) is 24.2 Å². The van der Waals surface area contributed by atoms with Crippen molar-refractivity contribution in [1.29, 1.82) is 0 Å². The third-order valence-corrected chi connectivity index (χ3v) is 3.85. The van der Waals surface area contributed by atoms with Crippen LogP contribution in [0, 0.1) is 5.92 Å². The Bertz CT molecular complexity index is 522. The van der Waals surface area contributed by atoms with Crippen LogP contribution in [0.3, 0.4) is 0 Å². The van der Waals surface area contributed by atoms with E-state index in [9.17, 15) is 14.7 Å². The lowest BCUT2D eigenvalue weighted by molar-refractivity contribution is -0.145. The highest BCUT2D eigenvalue weighted by molar-refractivity contribution is 5.85. The number of carboxylic acid groups (broad SMARTS) is 1. The molecule has 1 aliphatic rings. The molecule has 1 aliphatic heterocycles. The quantitative estimate of drug-likeness (QED) is 0.797. The van der Waals surface area contributed by atoms with Crippen molar-refractivity contribution >= 4 is 11.9 Å². The SMILES string of the molecule is CCOc1ccc(CC(=O)NC(C(=O)O)C2CCCOC2)cc1. The standard InChI is InChI=1S/C17H23NO5/c1-2-23-14-7-5-12(6-8-14)10-15(19)18-16(17(20)21)13-4-3-9-22-11-13/h5-8,13,16H,2-4,9-11H2,1H3,(H,18,19)(H,20,21). The summed E-state index contributed by atoms with van der Waals surface area (Å²) in [5, 5.41) is 12.0. The Kier molecular flexibility index (Phi) is 6.40. The molecule has 2 atom stereocenters. The Balaban J connectivity index is 1.91. The summed E-state index contributed by atoms with van der Waals surface area (Å²) in [5.74, 6) is -0.738. The molecule has 6 nitrogen and oxygen atoms in total. The largest absolute Gasteiger partial charge is 0.494 e. The first-order valence-electron chi connectivity index (χ1n) is 7.91. The van der Waals surface area contributed by atoms with Crippen LogP contribution in [0.1, 0.15) is 25.3 Å². The first-order valence-corrected chi connectivity index (χ1v) is 7.91. The van der Waals surface area contributed by atoms with E-state index in [1.807, 2.05) is 19.1 Å². The monoisotopic (exact) mass is 321 g/mol. The van der Waals surface area contributed by atoms with Crippen molar-refractivity contribution in [2.45, 2.75) is 32.2 Å². The number of carbonyl (C=O) groups excluding carboxylic acids is 1. The van der Waals surface area contributed by atoms with E-state index in [1.54, 1.807) is 12.1 Å². The van der Waals surface area contributed by atoms with Gasteiger partial charge in [-0.05, 0) is 37.5 Å². The van der Waals surface area contributed by atoms with Crippen LogP contribution >= 0.6 is 0 Å². The second kappa shape index (κ2) is 8.53. The first kappa shape index (κ1) is 17.3. The van der Waals surface area contributed by atoms with Crippen LogP contribution in [0.25, 0.3) is 0 Å². The van der Waals surface area contributed by atoms with Crippen LogP contribution in [0.5, 0.6) is 5.75 Å². The number of rotatable bonds is 7. The highest BCUT2D eigenvalue weighted by Crippen LogP contribution is 2.18. The molecular formula is C17H23NO5. The molecule has 1 heterocycles. The fraction of sp³-hybridized carbons (Fsp3) is 0.529. The summed E-state index contributed by atoms with van der Waals surface area (Å²) >= 11 is 0. The molecule has 0 radical (unpaired) electrons. The van der Waals surface area contributed by atoms with Gasteiger partial charge >= 0.3 is 5.97 Å². The third kappa shape index (κ3) is 5.25. The fourth-order valence-electron chi connectivity index (χ4n) is 2.69. The van der Waals surface area contributed by atoms with E-state index in [0.29, 0.717) is 19.8 Å². The lowest BCUT2D eigenvalue weighted by Gasteiger charge is -2.28. The zero-order valence-corrected chi connectivity index (χ0v) is 13.3.